The van der Waals surface area contributed by atoms with Gasteiger partial charge in [-0.25, -0.2) is 0 Å². The maximum absolute atomic E-state index is 5.64. The first-order valence-electron chi connectivity index (χ1n) is 9.29. The Labute approximate surface area is 166 Å². The monoisotopic (exact) mass is 396 g/mol. The van der Waals surface area contributed by atoms with Crippen molar-refractivity contribution < 1.29 is 14.2 Å². The predicted octanol–water partition coefficient (Wildman–Crippen LogP) is 3.49. The van der Waals surface area contributed by atoms with Crippen molar-refractivity contribution in [3.8, 4) is 22.2 Å². The SMILES string of the molecule is c1ccc(-c2nnc(NCC3(c4ccc5c(c4)OCO5)CCOCC3)s2)nc1. The smallest absolute Gasteiger partial charge is 0.231 e. The van der Waals surface area contributed by atoms with E-state index in [2.05, 4.69) is 32.6 Å². The number of benzene rings is 1. The highest BCUT2D eigenvalue weighted by molar-refractivity contribution is 7.18. The fraction of sp³-hybridized carbons (Fsp3) is 0.350. The van der Waals surface area contributed by atoms with Crippen molar-refractivity contribution in [3.63, 3.8) is 0 Å². The van der Waals surface area contributed by atoms with Crippen LogP contribution in [0.15, 0.2) is 42.6 Å². The third-order valence-corrected chi connectivity index (χ3v) is 6.23. The predicted molar refractivity (Wildman–Crippen MR) is 106 cm³/mol. The molecular weight excluding hydrogens is 376 g/mol. The third kappa shape index (κ3) is 3.29. The van der Waals surface area contributed by atoms with Gasteiger partial charge >= 0.3 is 0 Å². The zero-order valence-corrected chi connectivity index (χ0v) is 16.1. The van der Waals surface area contributed by atoms with Crippen LogP contribution in [0.25, 0.3) is 10.7 Å². The van der Waals surface area contributed by atoms with Crippen LogP contribution in [0.2, 0.25) is 0 Å². The molecule has 1 saturated heterocycles. The number of hydrogen-bond donors (Lipinski definition) is 1. The summed E-state index contributed by atoms with van der Waals surface area (Å²) in [5.41, 5.74) is 2.03. The molecule has 144 valence electrons. The molecule has 7 nitrogen and oxygen atoms in total. The van der Waals surface area contributed by atoms with Crippen molar-refractivity contribution in [1.82, 2.24) is 15.2 Å². The molecule has 0 bridgehead atoms. The minimum atomic E-state index is -0.0456. The van der Waals surface area contributed by atoms with Crippen LogP contribution in [0.1, 0.15) is 18.4 Å². The molecule has 0 amide bonds. The molecule has 0 saturated carbocycles. The van der Waals surface area contributed by atoms with E-state index in [1.165, 1.54) is 16.9 Å². The average molecular weight is 396 g/mol. The summed E-state index contributed by atoms with van der Waals surface area (Å²) in [6.07, 6.45) is 3.64. The van der Waals surface area contributed by atoms with Crippen molar-refractivity contribution in [2.75, 3.05) is 31.9 Å². The Balaban J connectivity index is 1.37. The molecule has 28 heavy (non-hydrogen) atoms. The second-order valence-electron chi connectivity index (χ2n) is 6.94. The highest BCUT2D eigenvalue weighted by Crippen LogP contribution is 2.41. The van der Waals surface area contributed by atoms with Gasteiger partial charge in [0.05, 0.1) is 0 Å². The van der Waals surface area contributed by atoms with Crippen LogP contribution in [-0.2, 0) is 10.2 Å². The summed E-state index contributed by atoms with van der Waals surface area (Å²) >= 11 is 1.52. The Bertz CT molecular complexity index is 957. The molecule has 3 aromatic rings. The highest BCUT2D eigenvalue weighted by atomic mass is 32.1. The van der Waals surface area contributed by atoms with Gasteiger partial charge in [-0.05, 0) is 42.7 Å². The molecule has 5 rings (SSSR count). The maximum Gasteiger partial charge on any atom is 0.231 e. The van der Waals surface area contributed by atoms with Gasteiger partial charge in [0.2, 0.25) is 11.9 Å². The van der Waals surface area contributed by atoms with Crippen molar-refractivity contribution in [3.05, 3.63) is 48.2 Å². The van der Waals surface area contributed by atoms with Crippen LogP contribution >= 0.6 is 11.3 Å². The molecule has 1 aromatic carbocycles. The summed E-state index contributed by atoms with van der Waals surface area (Å²) in [7, 11) is 0. The molecule has 1 N–H and O–H groups in total. The van der Waals surface area contributed by atoms with Crippen molar-refractivity contribution >= 4 is 16.5 Å². The summed E-state index contributed by atoms with van der Waals surface area (Å²) in [5, 5.41) is 13.7. The summed E-state index contributed by atoms with van der Waals surface area (Å²) < 4.78 is 16.7. The van der Waals surface area contributed by atoms with Gasteiger partial charge in [-0.2, -0.15) is 0 Å². The number of fused-ring (bicyclic) bond motifs is 1. The van der Waals surface area contributed by atoms with Gasteiger partial charge in [0, 0.05) is 31.4 Å². The van der Waals surface area contributed by atoms with E-state index >= 15 is 0 Å². The standard InChI is InChI=1S/C20H20N4O3S/c1-2-8-21-15(3-1)18-23-24-19(28-18)22-12-20(6-9-25-10-7-20)14-4-5-16-17(11-14)27-13-26-16/h1-5,8,11H,6-7,9-10,12-13H2,(H,22,24). The summed E-state index contributed by atoms with van der Waals surface area (Å²) in [6, 6.07) is 12.0. The van der Waals surface area contributed by atoms with E-state index in [-0.39, 0.29) is 12.2 Å². The van der Waals surface area contributed by atoms with E-state index in [0.717, 1.165) is 59.9 Å². The maximum atomic E-state index is 5.64. The molecule has 0 atom stereocenters. The first-order chi connectivity index (χ1) is 13.8. The van der Waals surface area contributed by atoms with Crippen molar-refractivity contribution in [2.45, 2.75) is 18.3 Å². The largest absolute Gasteiger partial charge is 0.454 e. The van der Waals surface area contributed by atoms with Gasteiger partial charge in [-0.15, -0.1) is 10.2 Å². The third-order valence-electron chi connectivity index (χ3n) is 5.32. The zero-order chi connectivity index (χ0) is 18.8. The number of hydrogen-bond acceptors (Lipinski definition) is 8. The normalized spacial score (nSPS) is 17.4. The van der Waals surface area contributed by atoms with Crippen LogP contribution in [0.3, 0.4) is 0 Å². The van der Waals surface area contributed by atoms with Gasteiger partial charge < -0.3 is 19.5 Å². The van der Waals surface area contributed by atoms with Crippen LogP contribution in [-0.4, -0.2) is 41.7 Å². The number of rotatable bonds is 5. The van der Waals surface area contributed by atoms with Gasteiger partial charge in [-0.1, -0.05) is 23.5 Å². The molecule has 2 aliphatic heterocycles. The van der Waals surface area contributed by atoms with E-state index in [1.54, 1.807) is 6.20 Å². The molecule has 0 aliphatic carbocycles. The van der Waals surface area contributed by atoms with Gasteiger partial charge in [0.15, 0.2) is 16.5 Å². The second-order valence-corrected chi connectivity index (χ2v) is 7.92. The quantitative estimate of drug-likeness (QED) is 0.707. The number of ether oxygens (including phenoxy) is 3. The number of anilines is 1. The van der Waals surface area contributed by atoms with Crippen molar-refractivity contribution in [1.29, 1.82) is 0 Å². The Morgan fingerprint density at radius 2 is 1.93 bits per heavy atom. The molecule has 1 fully saturated rings. The van der Waals surface area contributed by atoms with Crippen LogP contribution in [0, 0.1) is 0 Å². The first-order valence-corrected chi connectivity index (χ1v) is 10.1. The second kappa shape index (κ2) is 7.37. The molecule has 0 spiro atoms. The van der Waals surface area contributed by atoms with Gasteiger partial charge in [-0.3, -0.25) is 4.98 Å². The van der Waals surface area contributed by atoms with E-state index in [0.29, 0.717) is 0 Å². The fourth-order valence-electron chi connectivity index (χ4n) is 3.69. The number of nitrogens with one attached hydrogen (secondary N) is 1. The summed E-state index contributed by atoms with van der Waals surface area (Å²) in [5.74, 6) is 1.62. The van der Waals surface area contributed by atoms with E-state index in [9.17, 15) is 0 Å². The Morgan fingerprint density at radius 1 is 1.04 bits per heavy atom. The first kappa shape index (κ1) is 17.4. The van der Waals surface area contributed by atoms with Crippen LogP contribution < -0.4 is 14.8 Å². The number of nitrogens with zero attached hydrogens (tertiary/aromatic N) is 3. The minimum absolute atomic E-state index is 0.0456. The lowest BCUT2D eigenvalue weighted by Gasteiger charge is -2.38. The Morgan fingerprint density at radius 3 is 2.79 bits per heavy atom. The van der Waals surface area contributed by atoms with Crippen molar-refractivity contribution in [2.24, 2.45) is 0 Å². The Kier molecular flexibility index (Phi) is 4.58. The molecule has 2 aliphatic rings. The Hall–Kier alpha value is -2.71. The molecule has 2 aromatic heterocycles. The van der Waals surface area contributed by atoms with Crippen LogP contribution in [0.5, 0.6) is 11.5 Å². The minimum Gasteiger partial charge on any atom is -0.454 e. The average Bonchev–Trinajstić information content (AvgIpc) is 3.42. The molecule has 0 radical (unpaired) electrons. The van der Waals surface area contributed by atoms with Gasteiger partial charge in [0.25, 0.3) is 0 Å². The lowest BCUT2D eigenvalue weighted by Crippen LogP contribution is -2.40. The van der Waals surface area contributed by atoms with E-state index in [4.69, 9.17) is 14.2 Å². The van der Waals surface area contributed by atoms with Gasteiger partial charge in [0.1, 0.15) is 5.69 Å². The zero-order valence-electron chi connectivity index (χ0n) is 15.3. The fourth-order valence-corrected chi connectivity index (χ4v) is 4.40. The lowest BCUT2D eigenvalue weighted by atomic mass is 9.74. The topological polar surface area (TPSA) is 78.4 Å². The summed E-state index contributed by atoms with van der Waals surface area (Å²) in [4.78, 5) is 4.34. The highest BCUT2D eigenvalue weighted by Gasteiger charge is 2.36. The molecule has 0 unspecified atom stereocenters. The summed E-state index contributed by atoms with van der Waals surface area (Å²) in [6.45, 7) is 2.53. The molecular formula is C20H20N4O3S. The molecule has 4 heterocycles. The number of aromatic nitrogens is 3. The van der Waals surface area contributed by atoms with E-state index in [1.807, 2.05) is 24.3 Å². The molecule has 8 heteroatoms. The van der Waals surface area contributed by atoms with E-state index < -0.39 is 0 Å². The lowest BCUT2D eigenvalue weighted by molar-refractivity contribution is 0.0543. The van der Waals surface area contributed by atoms with Crippen LogP contribution in [0.4, 0.5) is 5.13 Å². The number of pyridine rings is 1.